The molecule has 5 rings (SSSR count). The molecule has 0 radical (unpaired) electrons. The Bertz CT molecular complexity index is 1620. The Hall–Kier alpha value is -4.59. The normalized spacial score (nSPS) is 13.9. The quantitative estimate of drug-likeness (QED) is 0.325. The second kappa shape index (κ2) is 8.88. The highest BCUT2D eigenvalue weighted by Crippen LogP contribution is 2.47. The van der Waals surface area contributed by atoms with E-state index < -0.39 is 34.7 Å². The topological polar surface area (TPSA) is 89.1 Å². The third kappa shape index (κ3) is 3.86. The Morgan fingerprint density at radius 2 is 1.78 bits per heavy atom. The van der Waals surface area contributed by atoms with Crippen molar-refractivity contribution in [3.8, 4) is 17.2 Å². The van der Waals surface area contributed by atoms with Gasteiger partial charge in [-0.1, -0.05) is 18.7 Å². The predicted octanol–water partition coefficient (Wildman–Crippen LogP) is 6.18. The van der Waals surface area contributed by atoms with Crippen molar-refractivity contribution < 1.29 is 32.9 Å². The van der Waals surface area contributed by atoms with Gasteiger partial charge in [-0.25, -0.2) is 13.6 Å². The smallest absolute Gasteiger partial charge is 0.344 e. The molecule has 0 saturated heterocycles. The molecule has 0 spiro atoms. The zero-order valence-corrected chi connectivity index (χ0v) is 19.0. The van der Waals surface area contributed by atoms with Crippen LogP contribution in [0.25, 0.3) is 16.7 Å². The molecule has 0 amide bonds. The zero-order chi connectivity index (χ0) is 25.6. The molecule has 2 N–H and O–H groups in total. The Morgan fingerprint density at radius 3 is 2.56 bits per heavy atom. The Balaban J connectivity index is 1.85. The van der Waals surface area contributed by atoms with Crippen LogP contribution in [-0.2, 0) is 0 Å². The van der Waals surface area contributed by atoms with Gasteiger partial charge in [0.15, 0.2) is 0 Å². The standard InChI is InChI=1S/C28H20F2O6/c1-3-34-18-6-4-5-15(11-18)24(23-14(2)35-21-9-7-16(29)12-19(21)26(23)31)25-27(32)20-13-17(30)8-10-22(20)36-28(25)33/h4-13,24,31-32H,2-3H2,1H3. The first-order valence-corrected chi connectivity index (χ1v) is 11.1. The summed E-state index contributed by atoms with van der Waals surface area (Å²) in [6.45, 7) is 6.07. The second-order valence-corrected chi connectivity index (χ2v) is 8.16. The molecule has 1 atom stereocenters. The first kappa shape index (κ1) is 23.2. The number of aliphatic hydroxyl groups excluding tert-OH is 1. The summed E-state index contributed by atoms with van der Waals surface area (Å²) < 4.78 is 44.9. The molecule has 182 valence electrons. The van der Waals surface area contributed by atoms with Gasteiger partial charge in [-0.2, -0.15) is 0 Å². The first-order valence-electron chi connectivity index (χ1n) is 11.1. The summed E-state index contributed by atoms with van der Waals surface area (Å²) in [5, 5.41) is 22.5. The first-order chi connectivity index (χ1) is 17.3. The number of aliphatic hydroxyl groups is 1. The highest BCUT2D eigenvalue weighted by Gasteiger charge is 2.36. The lowest BCUT2D eigenvalue weighted by atomic mass is 9.81. The van der Waals surface area contributed by atoms with Crippen LogP contribution in [-0.4, -0.2) is 16.8 Å². The Kier molecular flexibility index (Phi) is 5.72. The van der Waals surface area contributed by atoms with Crippen molar-refractivity contribution in [3.63, 3.8) is 0 Å². The molecule has 0 saturated carbocycles. The van der Waals surface area contributed by atoms with Crippen LogP contribution in [0.15, 0.2) is 87.8 Å². The molecule has 8 heteroatoms. The molecule has 3 aromatic carbocycles. The molecule has 1 aliphatic heterocycles. The molecule has 0 aliphatic carbocycles. The van der Waals surface area contributed by atoms with E-state index in [-0.39, 0.29) is 39.2 Å². The molecule has 1 aliphatic rings. The van der Waals surface area contributed by atoms with Crippen LogP contribution in [0.5, 0.6) is 17.2 Å². The Labute approximate surface area is 204 Å². The van der Waals surface area contributed by atoms with E-state index in [2.05, 4.69) is 6.58 Å². The summed E-state index contributed by atoms with van der Waals surface area (Å²) in [7, 11) is 0. The summed E-state index contributed by atoms with van der Waals surface area (Å²) in [5.74, 6) is -2.80. The summed E-state index contributed by atoms with van der Waals surface area (Å²) in [5.41, 5.74) is -0.775. The number of hydrogen-bond donors (Lipinski definition) is 2. The van der Waals surface area contributed by atoms with E-state index in [1.165, 1.54) is 18.2 Å². The fourth-order valence-electron chi connectivity index (χ4n) is 4.39. The van der Waals surface area contributed by atoms with Gasteiger partial charge in [-0.3, -0.25) is 0 Å². The number of rotatable bonds is 5. The average molecular weight is 490 g/mol. The fraction of sp³-hybridized carbons (Fsp3) is 0.107. The van der Waals surface area contributed by atoms with Crippen LogP contribution in [0.4, 0.5) is 8.78 Å². The van der Waals surface area contributed by atoms with Crippen molar-refractivity contribution >= 4 is 16.7 Å². The number of allylic oxidation sites excluding steroid dienone is 1. The van der Waals surface area contributed by atoms with E-state index in [0.29, 0.717) is 17.9 Å². The maximum absolute atomic E-state index is 14.0. The summed E-state index contributed by atoms with van der Waals surface area (Å²) in [6.07, 6.45) is 0. The van der Waals surface area contributed by atoms with Crippen LogP contribution in [0.2, 0.25) is 0 Å². The minimum atomic E-state index is -1.20. The van der Waals surface area contributed by atoms with Crippen LogP contribution in [0.1, 0.15) is 29.5 Å². The third-order valence-electron chi connectivity index (χ3n) is 5.94. The van der Waals surface area contributed by atoms with Gasteiger partial charge in [0.25, 0.3) is 0 Å². The molecule has 1 aromatic heterocycles. The van der Waals surface area contributed by atoms with Gasteiger partial charge in [-0.15, -0.1) is 0 Å². The highest BCUT2D eigenvalue weighted by atomic mass is 19.1. The van der Waals surface area contributed by atoms with Crippen molar-refractivity contribution in [2.24, 2.45) is 0 Å². The molecule has 6 nitrogen and oxygen atoms in total. The number of ether oxygens (including phenoxy) is 2. The van der Waals surface area contributed by atoms with E-state index in [1.807, 2.05) is 0 Å². The monoisotopic (exact) mass is 490 g/mol. The molecule has 1 unspecified atom stereocenters. The Morgan fingerprint density at radius 1 is 1.03 bits per heavy atom. The van der Waals surface area contributed by atoms with Crippen molar-refractivity contribution in [2.75, 3.05) is 6.61 Å². The van der Waals surface area contributed by atoms with Crippen molar-refractivity contribution in [2.45, 2.75) is 12.8 Å². The van der Waals surface area contributed by atoms with Crippen LogP contribution < -0.4 is 15.1 Å². The van der Waals surface area contributed by atoms with E-state index in [4.69, 9.17) is 13.9 Å². The van der Waals surface area contributed by atoms with E-state index >= 15 is 0 Å². The zero-order valence-electron chi connectivity index (χ0n) is 19.0. The summed E-state index contributed by atoms with van der Waals surface area (Å²) >= 11 is 0. The van der Waals surface area contributed by atoms with E-state index in [0.717, 1.165) is 18.2 Å². The molecule has 2 heterocycles. The van der Waals surface area contributed by atoms with Crippen molar-refractivity contribution in [1.82, 2.24) is 0 Å². The fourth-order valence-corrected chi connectivity index (χ4v) is 4.39. The SMILES string of the molecule is C=C1Oc2ccc(F)cc2C(O)=C1C(c1cccc(OCC)c1)c1c(O)c2cc(F)ccc2oc1=O. The molecule has 0 fully saturated rings. The van der Waals surface area contributed by atoms with Crippen LogP contribution >= 0.6 is 0 Å². The summed E-state index contributed by atoms with van der Waals surface area (Å²) in [4.78, 5) is 13.2. The van der Waals surface area contributed by atoms with Crippen LogP contribution in [0.3, 0.4) is 0 Å². The number of fused-ring (bicyclic) bond motifs is 2. The largest absolute Gasteiger partial charge is 0.507 e. The van der Waals surface area contributed by atoms with Crippen molar-refractivity contribution in [1.29, 1.82) is 0 Å². The minimum Gasteiger partial charge on any atom is -0.507 e. The van der Waals surface area contributed by atoms with Gasteiger partial charge in [0.05, 0.1) is 29.0 Å². The molecule has 36 heavy (non-hydrogen) atoms. The van der Waals surface area contributed by atoms with Gasteiger partial charge >= 0.3 is 5.63 Å². The highest BCUT2D eigenvalue weighted by molar-refractivity contribution is 5.85. The van der Waals surface area contributed by atoms with Gasteiger partial charge in [0, 0.05) is 5.57 Å². The van der Waals surface area contributed by atoms with Gasteiger partial charge in [0.1, 0.15) is 46.0 Å². The number of halogens is 2. The maximum atomic E-state index is 14.0. The number of hydrogen-bond acceptors (Lipinski definition) is 6. The third-order valence-corrected chi connectivity index (χ3v) is 5.94. The molecule has 4 aromatic rings. The number of benzene rings is 3. The second-order valence-electron chi connectivity index (χ2n) is 8.16. The van der Waals surface area contributed by atoms with Gasteiger partial charge < -0.3 is 24.1 Å². The lowest BCUT2D eigenvalue weighted by Crippen LogP contribution is -2.21. The average Bonchev–Trinajstić information content (AvgIpc) is 2.84. The van der Waals surface area contributed by atoms with Gasteiger partial charge in [-0.05, 0) is 61.0 Å². The van der Waals surface area contributed by atoms with Gasteiger partial charge in [0.2, 0.25) is 0 Å². The van der Waals surface area contributed by atoms with E-state index in [1.54, 1.807) is 31.2 Å². The summed E-state index contributed by atoms with van der Waals surface area (Å²) in [6, 6.07) is 13.6. The lowest BCUT2D eigenvalue weighted by molar-refractivity contribution is 0.339. The van der Waals surface area contributed by atoms with E-state index in [9.17, 15) is 23.8 Å². The molecular formula is C28H20F2O6. The lowest BCUT2D eigenvalue weighted by Gasteiger charge is -2.28. The molecular weight excluding hydrogens is 470 g/mol. The number of aromatic hydroxyl groups is 1. The molecule has 0 bridgehead atoms. The predicted molar refractivity (Wildman–Crippen MR) is 129 cm³/mol. The maximum Gasteiger partial charge on any atom is 0.344 e. The minimum absolute atomic E-state index is 0.0000940. The van der Waals surface area contributed by atoms with Crippen molar-refractivity contribution in [3.05, 3.63) is 117 Å². The van der Waals surface area contributed by atoms with Crippen LogP contribution in [0, 0.1) is 11.6 Å².